The topological polar surface area (TPSA) is 94.8 Å². The lowest BCUT2D eigenvalue weighted by Crippen LogP contribution is -2.21. The SMILES string of the molecule is Cc1cc(Oc2coc3cc(OCC(=O)Nc4ccc(Cl)cc4C(=O)c4ccccc4)ccc3c2=O)cc(C)c1Cl. The summed E-state index contributed by atoms with van der Waals surface area (Å²) in [6.07, 6.45) is 1.23. The fourth-order valence-electron chi connectivity index (χ4n) is 4.24. The first-order valence-corrected chi connectivity index (χ1v) is 13.3. The van der Waals surface area contributed by atoms with E-state index < -0.39 is 5.91 Å². The Hall–Kier alpha value is -4.59. The molecule has 0 aliphatic heterocycles. The van der Waals surface area contributed by atoms with Gasteiger partial charge in [-0.15, -0.1) is 0 Å². The van der Waals surface area contributed by atoms with Crippen molar-refractivity contribution in [3.05, 3.63) is 128 Å². The maximum absolute atomic E-state index is 13.0. The molecule has 1 amide bonds. The van der Waals surface area contributed by atoms with Crippen molar-refractivity contribution >= 4 is 51.5 Å². The smallest absolute Gasteiger partial charge is 0.262 e. The number of hydrogen-bond acceptors (Lipinski definition) is 6. The summed E-state index contributed by atoms with van der Waals surface area (Å²) in [6, 6.07) is 21.4. The highest BCUT2D eigenvalue weighted by atomic mass is 35.5. The van der Waals surface area contributed by atoms with Crippen LogP contribution in [0.15, 0.2) is 94.3 Å². The Kier molecular flexibility index (Phi) is 8.10. The molecule has 206 valence electrons. The lowest BCUT2D eigenvalue weighted by Gasteiger charge is -2.12. The monoisotopic (exact) mass is 587 g/mol. The van der Waals surface area contributed by atoms with Gasteiger partial charge in [0.2, 0.25) is 11.2 Å². The molecule has 5 rings (SSSR count). The fraction of sp³-hybridized carbons (Fsp3) is 0.0938. The molecule has 5 aromatic rings. The second-order valence-corrected chi connectivity index (χ2v) is 10.1. The molecule has 0 aliphatic rings. The van der Waals surface area contributed by atoms with Crippen LogP contribution in [0.3, 0.4) is 0 Å². The number of ether oxygens (including phenoxy) is 2. The second-order valence-electron chi connectivity index (χ2n) is 9.28. The zero-order chi connectivity index (χ0) is 29.1. The number of carbonyl (C=O) groups is 2. The summed E-state index contributed by atoms with van der Waals surface area (Å²) in [5.41, 5.74) is 2.58. The number of amides is 1. The Balaban J connectivity index is 1.28. The summed E-state index contributed by atoms with van der Waals surface area (Å²) in [5, 5.41) is 3.99. The van der Waals surface area contributed by atoms with Gasteiger partial charge in [0, 0.05) is 27.2 Å². The molecule has 0 atom stereocenters. The third kappa shape index (κ3) is 6.27. The van der Waals surface area contributed by atoms with Crippen molar-refractivity contribution in [2.24, 2.45) is 0 Å². The maximum Gasteiger partial charge on any atom is 0.262 e. The van der Waals surface area contributed by atoms with Crippen molar-refractivity contribution in [3.8, 4) is 17.2 Å². The largest absolute Gasteiger partial charge is 0.484 e. The van der Waals surface area contributed by atoms with Crippen LogP contribution in [0.25, 0.3) is 11.0 Å². The maximum atomic E-state index is 13.0. The highest BCUT2D eigenvalue weighted by Crippen LogP contribution is 2.30. The van der Waals surface area contributed by atoms with Crippen molar-refractivity contribution in [3.63, 3.8) is 0 Å². The van der Waals surface area contributed by atoms with Crippen molar-refractivity contribution in [1.82, 2.24) is 0 Å². The predicted octanol–water partition coefficient (Wildman–Crippen LogP) is 7.76. The van der Waals surface area contributed by atoms with Crippen LogP contribution in [0.2, 0.25) is 10.0 Å². The number of aryl methyl sites for hydroxylation is 2. The van der Waals surface area contributed by atoms with Gasteiger partial charge in [0.15, 0.2) is 12.4 Å². The first-order valence-electron chi connectivity index (χ1n) is 12.5. The Morgan fingerprint density at radius 2 is 1.61 bits per heavy atom. The van der Waals surface area contributed by atoms with Gasteiger partial charge in [-0.1, -0.05) is 53.5 Å². The van der Waals surface area contributed by atoms with Crippen LogP contribution in [0.4, 0.5) is 5.69 Å². The van der Waals surface area contributed by atoms with Gasteiger partial charge in [-0.25, -0.2) is 0 Å². The Morgan fingerprint density at radius 3 is 2.34 bits per heavy atom. The van der Waals surface area contributed by atoms with E-state index in [0.717, 1.165) is 11.1 Å². The van der Waals surface area contributed by atoms with Crippen LogP contribution in [-0.4, -0.2) is 18.3 Å². The third-order valence-corrected chi connectivity index (χ3v) is 7.09. The molecule has 0 fully saturated rings. The highest BCUT2D eigenvalue weighted by molar-refractivity contribution is 6.32. The lowest BCUT2D eigenvalue weighted by molar-refractivity contribution is -0.118. The molecule has 1 aromatic heterocycles. The molecule has 9 heteroatoms. The van der Waals surface area contributed by atoms with Gasteiger partial charge in [-0.05, 0) is 67.4 Å². The number of hydrogen-bond donors (Lipinski definition) is 1. The quantitative estimate of drug-likeness (QED) is 0.186. The molecule has 41 heavy (non-hydrogen) atoms. The first kappa shape index (κ1) is 28.0. The van der Waals surface area contributed by atoms with Crippen LogP contribution < -0.4 is 20.2 Å². The second kappa shape index (κ2) is 11.9. The molecule has 1 heterocycles. The van der Waals surface area contributed by atoms with E-state index in [9.17, 15) is 14.4 Å². The molecule has 0 saturated heterocycles. The predicted molar refractivity (Wildman–Crippen MR) is 159 cm³/mol. The lowest BCUT2D eigenvalue weighted by atomic mass is 10.0. The summed E-state index contributed by atoms with van der Waals surface area (Å²) in [4.78, 5) is 38.7. The normalized spacial score (nSPS) is 10.8. The minimum atomic E-state index is -0.492. The van der Waals surface area contributed by atoms with Gasteiger partial charge < -0.3 is 19.2 Å². The van der Waals surface area contributed by atoms with Crippen molar-refractivity contribution in [2.75, 3.05) is 11.9 Å². The van der Waals surface area contributed by atoms with E-state index in [0.29, 0.717) is 32.8 Å². The fourth-order valence-corrected chi connectivity index (χ4v) is 4.52. The van der Waals surface area contributed by atoms with Gasteiger partial charge in [0.1, 0.15) is 23.3 Å². The summed E-state index contributed by atoms with van der Waals surface area (Å²) in [6.45, 7) is 3.35. The van der Waals surface area contributed by atoms with Crippen LogP contribution in [0, 0.1) is 13.8 Å². The molecule has 0 unspecified atom stereocenters. The van der Waals surface area contributed by atoms with E-state index in [1.54, 1.807) is 54.6 Å². The van der Waals surface area contributed by atoms with Crippen molar-refractivity contribution < 1.29 is 23.5 Å². The highest BCUT2D eigenvalue weighted by Gasteiger charge is 2.17. The summed E-state index contributed by atoms with van der Waals surface area (Å²) in [5.74, 6) is 0.0313. The molecule has 4 aromatic carbocycles. The minimum Gasteiger partial charge on any atom is -0.484 e. The zero-order valence-electron chi connectivity index (χ0n) is 22.0. The number of anilines is 1. The molecule has 1 N–H and O–H groups in total. The van der Waals surface area contributed by atoms with E-state index in [1.807, 2.05) is 19.9 Å². The number of halogens is 2. The average molecular weight is 588 g/mol. The summed E-state index contributed by atoms with van der Waals surface area (Å²) in [7, 11) is 0. The molecular weight excluding hydrogens is 565 g/mol. The van der Waals surface area contributed by atoms with Crippen LogP contribution in [0.1, 0.15) is 27.0 Å². The van der Waals surface area contributed by atoms with Gasteiger partial charge >= 0.3 is 0 Å². The first-order chi connectivity index (χ1) is 19.7. The Bertz CT molecular complexity index is 1830. The van der Waals surface area contributed by atoms with E-state index in [4.69, 9.17) is 37.1 Å². The van der Waals surface area contributed by atoms with E-state index in [1.165, 1.54) is 24.5 Å². The number of ketones is 1. The van der Waals surface area contributed by atoms with E-state index in [2.05, 4.69) is 5.32 Å². The van der Waals surface area contributed by atoms with Crippen LogP contribution in [0.5, 0.6) is 17.2 Å². The van der Waals surface area contributed by atoms with Gasteiger partial charge in [-0.3, -0.25) is 14.4 Å². The van der Waals surface area contributed by atoms with Crippen LogP contribution in [-0.2, 0) is 4.79 Å². The number of carbonyl (C=O) groups excluding carboxylic acids is 2. The molecule has 0 aliphatic carbocycles. The molecule has 0 radical (unpaired) electrons. The number of nitrogens with one attached hydrogen (secondary N) is 1. The number of fused-ring (bicyclic) bond motifs is 1. The minimum absolute atomic E-state index is 0.0236. The van der Waals surface area contributed by atoms with Crippen molar-refractivity contribution in [2.45, 2.75) is 13.8 Å². The van der Waals surface area contributed by atoms with Gasteiger partial charge in [0.25, 0.3) is 5.91 Å². The van der Waals surface area contributed by atoms with Gasteiger partial charge in [-0.2, -0.15) is 0 Å². The van der Waals surface area contributed by atoms with Crippen LogP contribution >= 0.6 is 23.2 Å². The molecular formula is C32H23Cl2NO6. The summed E-state index contributed by atoms with van der Waals surface area (Å²) >= 11 is 12.3. The molecule has 0 spiro atoms. The molecule has 0 saturated carbocycles. The van der Waals surface area contributed by atoms with Crippen molar-refractivity contribution in [1.29, 1.82) is 0 Å². The van der Waals surface area contributed by atoms with E-state index in [-0.39, 0.29) is 40.1 Å². The Labute approximate surface area is 245 Å². The summed E-state index contributed by atoms with van der Waals surface area (Å²) < 4.78 is 17.0. The standard InChI is InChI=1S/C32H23Cl2NO6/c1-18-12-23(13-19(2)30(18)34)41-28-16-40-27-15-22(9-10-24(27)32(28)38)39-17-29(36)35-26-11-8-21(33)14-25(26)31(37)20-6-4-3-5-7-20/h3-16H,17H2,1-2H3,(H,35,36). The Morgan fingerprint density at radius 1 is 0.878 bits per heavy atom. The number of benzene rings is 4. The molecule has 0 bridgehead atoms. The van der Waals surface area contributed by atoms with E-state index >= 15 is 0 Å². The third-order valence-electron chi connectivity index (χ3n) is 6.26. The van der Waals surface area contributed by atoms with Gasteiger partial charge in [0.05, 0.1) is 11.1 Å². The number of rotatable bonds is 8. The zero-order valence-corrected chi connectivity index (χ0v) is 23.5. The molecule has 7 nitrogen and oxygen atoms in total. The average Bonchev–Trinajstić information content (AvgIpc) is 2.97.